The van der Waals surface area contributed by atoms with Crippen LogP contribution < -0.4 is 0 Å². The van der Waals surface area contributed by atoms with E-state index in [1.165, 1.54) is 17.1 Å². The molecular formula is C13H23N3O3S. The van der Waals surface area contributed by atoms with Gasteiger partial charge in [-0.1, -0.05) is 13.8 Å². The van der Waals surface area contributed by atoms with Gasteiger partial charge >= 0.3 is 0 Å². The summed E-state index contributed by atoms with van der Waals surface area (Å²) in [7, 11) is -3.46. The largest absolute Gasteiger partial charge is 0.394 e. The van der Waals surface area contributed by atoms with Crippen molar-refractivity contribution < 1.29 is 13.5 Å². The highest BCUT2D eigenvalue weighted by Crippen LogP contribution is 2.32. The number of hydrogen-bond acceptors (Lipinski definition) is 4. The van der Waals surface area contributed by atoms with Crippen LogP contribution in [-0.2, 0) is 16.6 Å². The molecule has 1 fully saturated rings. The molecule has 2 rings (SSSR count). The molecule has 1 N–H and O–H groups in total. The first kappa shape index (κ1) is 15.5. The van der Waals surface area contributed by atoms with Crippen LogP contribution in [0, 0.1) is 5.92 Å². The molecule has 114 valence electrons. The number of sulfonamides is 1. The molecule has 1 aliphatic carbocycles. The van der Waals surface area contributed by atoms with Gasteiger partial charge in [-0.25, -0.2) is 8.42 Å². The second-order valence-corrected chi connectivity index (χ2v) is 7.58. The van der Waals surface area contributed by atoms with Gasteiger partial charge in [-0.05, 0) is 25.2 Å². The first-order chi connectivity index (χ1) is 9.45. The fourth-order valence-corrected chi connectivity index (χ4v) is 3.74. The van der Waals surface area contributed by atoms with Crippen LogP contribution in [0.1, 0.15) is 33.1 Å². The van der Waals surface area contributed by atoms with Crippen molar-refractivity contribution in [2.75, 3.05) is 13.2 Å². The van der Waals surface area contributed by atoms with Crippen LogP contribution in [-0.4, -0.2) is 46.8 Å². The van der Waals surface area contributed by atoms with E-state index in [0.29, 0.717) is 19.0 Å². The topological polar surface area (TPSA) is 75.4 Å². The van der Waals surface area contributed by atoms with E-state index in [1.807, 2.05) is 0 Å². The molecule has 0 aromatic carbocycles. The van der Waals surface area contributed by atoms with Gasteiger partial charge in [0, 0.05) is 18.8 Å². The SMILES string of the molecule is CC(C)CCN(C1CC1)S(=O)(=O)c1cnn(CCO)c1. The average molecular weight is 301 g/mol. The summed E-state index contributed by atoms with van der Waals surface area (Å²) in [6.07, 6.45) is 5.62. The minimum Gasteiger partial charge on any atom is -0.394 e. The number of hydrogen-bond donors (Lipinski definition) is 1. The predicted octanol–water partition coefficient (Wildman–Crippen LogP) is 1.07. The van der Waals surface area contributed by atoms with E-state index in [9.17, 15) is 8.42 Å². The van der Waals surface area contributed by atoms with Gasteiger partial charge in [0.2, 0.25) is 10.0 Å². The van der Waals surface area contributed by atoms with Crippen molar-refractivity contribution in [2.45, 2.75) is 50.6 Å². The average Bonchev–Trinajstić information content (AvgIpc) is 3.07. The van der Waals surface area contributed by atoms with Gasteiger partial charge in [0.15, 0.2) is 0 Å². The first-order valence-electron chi connectivity index (χ1n) is 7.10. The summed E-state index contributed by atoms with van der Waals surface area (Å²) in [5.74, 6) is 0.476. The van der Waals surface area contributed by atoms with Crippen molar-refractivity contribution in [1.29, 1.82) is 0 Å². The summed E-state index contributed by atoms with van der Waals surface area (Å²) in [6, 6.07) is 0.153. The zero-order valence-corrected chi connectivity index (χ0v) is 12.9. The van der Waals surface area contributed by atoms with Crippen molar-refractivity contribution >= 4 is 10.0 Å². The molecular weight excluding hydrogens is 278 g/mol. The Kier molecular flexibility index (Phi) is 4.82. The summed E-state index contributed by atoms with van der Waals surface area (Å²) in [4.78, 5) is 0.224. The van der Waals surface area contributed by atoms with E-state index in [2.05, 4.69) is 18.9 Å². The van der Waals surface area contributed by atoms with E-state index in [1.54, 1.807) is 4.31 Å². The molecule has 20 heavy (non-hydrogen) atoms. The highest BCUT2D eigenvalue weighted by atomic mass is 32.2. The van der Waals surface area contributed by atoms with Crippen LogP contribution in [0.5, 0.6) is 0 Å². The van der Waals surface area contributed by atoms with Gasteiger partial charge in [-0.15, -0.1) is 0 Å². The molecule has 0 amide bonds. The van der Waals surface area contributed by atoms with Gasteiger partial charge in [0.05, 0.1) is 19.3 Å². The Morgan fingerprint density at radius 1 is 1.50 bits per heavy atom. The fraction of sp³-hybridized carbons (Fsp3) is 0.769. The maximum atomic E-state index is 12.7. The quantitative estimate of drug-likeness (QED) is 0.779. The van der Waals surface area contributed by atoms with Crippen LogP contribution in [0.3, 0.4) is 0 Å². The highest BCUT2D eigenvalue weighted by molar-refractivity contribution is 7.89. The van der Waals surface area contributed by atoms with Crippen LogP contribution in [0.2, 0.25) is 0 Å². The molecule has 6 nitrogen and oxygen atoms in total. The van der Waals surface area contributed by atoms with Crippen LogP contribution in [0.4, 0.5) is 0 Å². The summed E-state index contributed by atoms with van der Waals surface area (Å²) >= 11 is 0. The Morgan fingerprint density at radius 3 is 2.75 bits per heavy atom. The molecule has 0 spiro atoms. The molecule has 0 saturated heterocycles. The van der Waals surface area contributed by atoms with Gasteiger partial charge in [-0.2, -0.15) is 9.40 Å². The second-order valence-electron chi connectivity index (χ2n) is 5.69. The van der Waals surface area contributed by atoms with Crippen LogP contribution in [0.25, 0.3) is 0 Å². The lowest BCUT2D eigenvalue weighted by molar-refractivity contribution is 0.269. The number of aromatic nitrogens is 2. The molecule has 0 radical (unpaired) electrons. The molecule has 0 aliphatic heterocycles. The first-order valence-corrected chi connectivity index (χ1v) is 8.54. The van der Waals surface area contributed by atoms with Crippen molar-refractivity contribution in [3.8, 4) is 0 Å². The monoisotopic (exact) mass is 301 g/mol. The molecule has 1 aromatic rings. The van der Waals surface area contributed by atoms with Crippen molar-refractivity contribution in [1.82, 2.24) is 14.1 Å². The lowest BCUT2D eigenvalue weighted by atomic mass is 10.1. The van der Waals surface area contributed by atoms with E-state index in [4.69, 9.17) is 5.11 Å². The Morgan fingerprint density at radius 2 is 2.20 bits per heavy atom. The van der Waals surface area contributed by atoms with Gasteiger partial charge in [0.25, 0.3) is 0 Å². The smallest absolute Gasteiger partial charge is 0.246 e. The van der Waals surface area contributed by atoms with Crippen LogP contribution in [0.15, 0.2) is 17.3 Å². The Bertz CT molecular complexity index is 535. The van der Waals surface area contributed by atoms with Crippen molar-refractivity contribution in [3.05, 3.63) is 12.4 Å². The Hall–Kier alpha value is -0.920. The standard InChI is InChI=1S/C13H23N3O3S/c1-11(2)5-6-16(12-3-4-12)20(18,19)13-9-14-15(10-13)7-8-17/h9-12,17H,3-8H2,1-2H3. The number of rotatable bonds is 8. The minimum atomic E-state index is -3.46. The maximum Gasteiger partial charge on any atom is 0.246 e. The van der Waals surface area contributed by atoms with Crippen LogP contribution >= 0.6 is 0 Å². The molecule has 7 heteroatoms. The fourth-order valence-electron chi connectivity index (χ4n) is 2.08. The number of aliphatic hydroxyl groups is 1. The van der Waals surface area contributed by atoms with Crippen molar-refractivity contribution in [3.63, 3.8) is 0 Å². The Labute approximate surface area is 120 Å². The number of aliphatic hydroxyl groups excluding tert-OH is 1. The maximum absolute atomic E-state index is 12.7. The zero-order chi connectivity index (χ0) is 14.8. The van der Waals surface area contributed by atoms with Gasteiger partial charge < -0.3 is 5.11 Å². The number of nitrogens with zero attached hydrogens (tertiary/aromatic N) is 3. The molecule has 0 unspecified atom stereocenters. The second kappa shape index (κ2) is 6.24. The van der Waals surface area contributed by atoms with E-state index in [0.717, 1.165) is 19.3 Å². The Balaban J connectivity index is 2.16. The normalized spacial score (nSPS) is 16.2. The lowest BCUT2D eigenvalue weighted by Gasteiger charge is -2.21. The third kappa shape index (κ3) is 3.59. The third-order valence-electron chi connectivity index (χ3n) is 3.43. The third-order valence-corrected chi connectivity index (χ3v) is 5.33. The molecule has 1 aliphatic rings. The van der Waals surface area contributed by atoms with Gasteiger partial charge in [0.1, 0.15) is 4.90 Å². The molecule has 0 atom stereocenters. The van der Waals surface area contributed by atoms with E-state index >= 15 is 0 Å². The van der Waals surface area contributed by atoms with E-state index < -0.39 is 10.0 Å². The summed E-state index contributed by atoms with van der Waals surface area (Å²) in [5, 5.41) is 12.8. The predicted molar refractivity (Wildman–Crippen MR) is 75.7 cm³/mol. The van der Waals surface area contributed by atoms with E-state index in [-0.39, 0.29) is 17.5 Å². The zero-order valence-electron chi connectivity index (χ0n) is 12.1. The lowest BCUT2D eigenvalue weighted by Crippen LogP contribution is -2.34. The molecule has 1 saturated carbocycles. The summed E-state index contributed by atoms with van der Waals surface area (Å²) < 4.78 is 28.4. The van der Waals surface area contributed by atoms with Gasteiger partial charge in [-0.3, -0.25) is 4.68 Å². The summed E-state index contributed by atoms with van der Waals surface area (Å²) in [6.45, 7) is 5.01. The molecule has 1 heterocycles. The minimum absolute atomic E-state index is 0.0547. The highest BCUT2D eigenvalue weighted by Gasteiger charge is 2.38. The van der Waals surface area contributed by atoms with Crippen molar-refractivity contribution in [2.24, 2.45) is 5.92 Å². The molecule has 0 bridgehead atoms. The summed E-state index contributed by atoms with van der Waals surface area (Å²) in [5.41, 5.74) is 0. The molecule has 1 aromatic heterocycles.